The Kier molecular flexibility index (Phi) is 7.66. The molecule has 1 fully saturated rings. The van der Waals surface area contributed by atoms with E-state index >= 15 is 0 Å². The van der Waals surface area contributed by atoms with E-state index in [1.54, 1.807) is 0 Å². The molecule has 0 saturated carbocycles. The van der Waals surface area contributed by atoms with Gasteiger partial charge in [-0.2, -0.15) is 16.8 Å². The fraction of sp³-hybridized carbons (Fsp3) is 0.765. The van der Waals surface area contributed by atoms with Gasteiger partial charge in [-0.3, -0.25) is 22.7 Å². The van der Waals surface area contributed by atoms with Crippen LogP contribution in [-0.4, -0.2) is 72.1 Å². The number of nitrogens with zero attached hydrogens (tertiary/aromatic N) is 1. The van der Waals surface area contributed by atoms with E-state index < -0.39 is 64.3 Å². The quantitative estimate of drug-likeness (QED) is 0.373. The van der Waals surface area contributed by atoms with Crippen molar-refractivity contribution in [2.24, 2.45) is 0 Å². The summed E-state index contributed by atoms with van der Waals surface area (Å²) in [5, 5.41) is -0.170. The van der Waals surface area contributed by atoms with Gasteiger partial charge < -0.3 is 9.16 Å². The number of aromatic nitrogens is 2. The van der Waals surface area contributed by atoms with E-state index in [-0.39, 0.29) is 11.6 Å². The van der Waals surface area contributed by atoms with Crippen LogP contribution in [0.1, 0.15) is 27.0 Å². The Balaban J connectivity index is 2.51. The van der Waals surface area contributed by atoms with Gasteiger partial charge in [-0.1, -0.05) is 20.8 Å². The molecule has 1 aromatic heterocycles. The summed E-state index contributed by atoms with van der Waals surface area (Å²) in [5.74, 6) is 0. The Labute approximate surface area is 188 Å². The topological polar surface area (TPSA) is 160 Å². The van der Waals surface area contributed by atoms with Crippen LogP contribution < -0.4 is 11.2 Å². The summed E-state index contributed by atoms with van der Waals surface area (Å²) >= 11 is 0. The summed E-state index contributed by atoms with van der Waals surface area (Å²) in [6, 6.07) is 1.04. The van der Waals surface area contributed by atoms with E-state index in [2.05, 4.69) is 0 Å². The first-order valence-corrected chi connectivity index (χ1v) is 16.2. The van der Waals surface area contributed by atoms with Gasteiger partial charge in [-0.05, 0) is 18.1 Å². The molecule has 0 unspecified atom stereocenters. The average molecular weight is 515 g/mol. The molecule has 0 bridgehead atoms. The van der Waals surface area contributed by atoms with Gasteiger partial charge in [0.05, 0.1) is 19.1 Å². The Morgan fingerprint density at radius 1 is 1.06 bits per heavy atom. The molecule has 2 heterocycles. The lowest BCUT2D eigenvalue weighted by Crippen LogP contribution is -2.46. The minimum Gasteiger partial charge on any atom is -0.414 e. The number of hydrogen-bond donors (Lipinski definition) is 1. The highest BCUT2D eigenvalue weighted by atomic mass is 32.2. The van der Waals surface area contributed by atoms with Crippen molar-refractivity contribution in [1.82, 2.24) is 9.55 Å². The first-order valence-electron chi connectivity index (χ1n) is 9.68. The predicted octanol–water partition coefficient (Wildman–Crippen LogP) is 0.145. The lowest BCUT2D eigenvalue weighted by Gasteiger charge is -2.37. The number of rotatable bonds is 8. The van der Waals surface area contributed by atoms with Crippen molar-refractivity contribution < 1.29 is 34.4 Å². The Morgan fingerprint density at radius 2 is 1.59 bits per heavy atom. The molecule has 1 N–H and O–H groups in total. The molecule has 184 valence electrons. The van der Waals surface area contributed by atoms with E-state index in [4.69, 9.17) is 17.5 Å². The van der Waals surface area contributed by atoms with Crippen LogP contribution in [0.3, 0.4) is 0 Å². The second-order valence-electron chi connectivity index (χ2n) is 9.18. The van der Waals surface area contributed by atoms with Crippen molar-refractivity contribution >= 4 is 28.6 Å². The van der Waals surface area contributed by atoms with E-state index in [1.165, 1.54) is 0 Å². The minimum atomic E-state index is -4.12. The monoisotopic (exact) mass is 514 g/mol. The number of H-pyrrole nitrogens is 1. The largest absolute Gasteiger partial charge is 0.414 e. The third-order valence-electron chi connectivity index (χ3n) is 5.40. The maximum atomic E-state index is 12.3. The van der Waals surface area contributed by atoms with Gasteiger partial charge in [0.25, 0.3) is 25.8 Å². The summed E-state index contributed by atoms with van der Waals surface area (Å²) in [6.07, 6.45) is -2.81. The van der Waals surface area contributed by atoms with Crippen molar-refractivity contribution in [3.05, 3.63) is 33.1 Å². The maximum absolute atomic E-state index is 12.3. The summed E-state index contributed by atoms with van der Waals surface area (Å²) < 4.78 is 70.8. The van der Waals surface area contributed by atoms with Crippen LogP contribution in [0.15, 0.2) is 21.9 Å². The summed E-state index contributed by atoms with van der Waals surface area (Å²) in [4.78, 5) is 25.8. The molecule has 32 heavy (non-hydrogen) atoms. The smallest absolute Gasteiger partial charge is 0.330 e. The molecule has 2 rings (SSSR count). The molecule has 1 aromatic rings. The molecule has 12 nitrogen and oxygen atoms in total. The Hall–Kier alpha value is -1.36. The molecule has 4 atom stereocenters. The van der Waals surface area contributed by atoms with Crippen molar-refractivity contribution in [3.8, 4) is 0 Å². The van der Waals surface area contributed by atoms with Crippen LogP contribution in [0.4, 0.5) is 0 Å². The van der Waals surface area contributed by atoms with Crippen LogP contribution >= 0.6 is 0 Å². The van der Waals surface area contributed by atoms with Gasteiger partial charge in [0.2, 0.25) is 0 Å². The van der Waals surface area contributed by atoms with Crippen LogP contribution in [0.25, 0.3) is 0 Å². The highest BCUT2D eigenvalue weighted by Gasteiger charge is 2.52. The molecule has 1 aliphatic rings. The number of ether oxygens (including phenoxy) is 1. The van der Waals surface area contributed by atoms with E-state index in [0.29, 0.717) is 0 Å². The molecule has 0 aliphatic carbocycles. The SMILES string of the molecule is CC(C)(C)[Si](C)(C)OC[C@H]1O[C@@H](n2ccc(=O)[nH]c2=O)[C@H](OS(C)(=O)=O)[C@@H]1OS(C)(=O)=O. The highest BCUT2D eigenvalue weighted by molar-refractivity contribution is 7.86. The molecule has 0 amide bonds. The van der Waals surface area contributed by atoms with Gasteiger partial charge in [0, 0.05) is 12.3 Å². The highest BCUT2D eigenvalue weighted by Crippen LogP contribution is 2.39. The van der Waals surface area contributed by atoms with Gasteiger partial charge in [-0.15, -0.1) is 0 Å². The van der Waals surface area contributed by atoms with E-state index in [9.17, 15) is 26.4 Å². The zero-order valence-electron chi connectivity index (χ0n) is 19.0. The van der Waals surface area contributed by atoms with Crippen LogP contribution in [0.5, 0.6) is 0 Å². The zero-order valence-corrected chi connectivity index (χ0v) is 21.7. The molecular formula is C17H30N2O10S2Si. The fourth-order valence-corrected chi connectivity index (χ4v) is 5.08. The normalized spacial score (nSPS) is 25.2. The van der Waals surface area contributed by atoms with Gasteiger partial charge in [0.1, 0.15) is 12.2 Å². The summed E-state index contributed by atoms with van der Waals surface area (Å²) in [7, 11) is -10.5. The molecule has 0 radical (unpaired) electrons. The van der Waals surface area contributed by atoms with Crippen molar-refractivity contribution in [2.75, 3.05) is 19.1 Å². The minimum absolute atomic E-state index is 0.130. The second kappa shape index (κ2) is 9.12. The van der Waals surface area contributed by atoms with Gasteiger partial charge >= 0.3 is 5.69 Å². The molecule has 0 aromatic carbocycles. The first-order chi connectivity index (χ1) is 14.3. The Bertz CT molecular complexity index is 1150. The second-order valence-corrected chi connectivity index (χ2v) is 17.2. The zero-order chi connectivity index (χ0) is 24.7. The van der Waals surface area contributed by atoms with Crippen LogP contribution in [-0.2, 0) is 37.8 Å². The number of aromatic amines is 1. The number of nitrogens with one attached hydrogen (secondary N) is 1. The first kappa shape index (κ1) is 26.9. The average Bonchev–Trinajstić information content (AvgIpc) is 2.86. The fourth-order valence-electron chi connectivity index (χ4n) is 2.82. The van der Waals surface area contributed by atoms with E-state index in [1.807, 2.05) is 38.8 Å². The molecule has 1 aliphatic heterocycles. The van der Waals surface area contributed by atoms with Gasteiger partial charge in [-0.25, -0.2) is 4.79 Å². The Morgan fingerprint density at radius 3 is 2.06 bits per heavy atom. The van der Waals surface area contributed by atoms with E-state index in [0.717, 1.165) is 29.3 Å². The third kappa shape index (κ3) is 6.82. The molecule has 1 saturated heterocycles. The maximum Gasteiger partial charge on any atom is 0.330 e. The van der Waals surface area contributed by atoms with Crippen molar-refractivity contribution in [1.29, 1.82) is 0 Å². The van der Waals surface area contributed by atoms with Crippen LogP contribution in [0, 0.1) is 0 Å². The lowest BCUT2D eigenvalue weighted by atomic mass is 10.1. The third-order valence-corrected chi connectivity index (χ3v) is 11.0. The van der Waals surface area contributed by atoms with Crippen LogP contribution in [0.2, 0.25) is 18.1 Å². The van der Waals surface area contributed by atoms with Crippen molar-refractivity contribution in [2.45, 2.75) is 63.4 Å². The number of hydrogen-bond acceptors (Lipinski definition) is 10. The lowest BCUT2D eigenvalue weighted by molar-refractivity contribution is -0.0483. The summed E-state index contributed by atoms with van der Waals surface area (Å²) in [6.45, 7) is 9.85. The standard InChI is InChI=1S/C17H30N2O10S2Si/c1-17(2,3)32(6,7)26-10-11-13(28-30(4,22)23)14(29-31(5,24)25)15(27-11)19-9-8-12(20)18-16(19)21/h8-9,11,13-15H,10H2,1-7H3,(H,18,20,21)/t11-,13-,14-,15-/m1/s1. The molecular weight excluding hydrogens is 484 g/mol. The summed E-state index contributed by atoms with van der Waals surface area (Å²) in [5.41, 5.74) is -1.57. The van der Waals surface area contributed by atoms with Crippen molar-refractivity contribution in [3.63, 3.8) is 0 Å². The molecule has 15 heteroatoms. The van der Waals surface area contributed by atoms with Gasteiger partial charge in [0.15, 0.2) is 20.6 Å². The predicted molar refractivity (Wildman–Crippen MR) is 118 cm³/mol. The molecule has 0 spiro atoms.